The minimum Gasteiger partial charge on any atom is -0.398 e. The summed E-state index contributed by atoms with van der Waals surface area (Å²) >= 11 is 0. The van der Waals surface area contributed by atoms with E-state index in [0.29, 0.717) is 12.1 Å². The molecule has 2 N–H and O–H groups in total. The van der Waals surface area contributed by atoms with Crippen molar-refractivity contribution in [1.82, 2.24) is 9.88 Å². The van der Waals surface area contributed by atoms with Gasteiger partial charge in [0.1, 0.15) is 5.82 Å². The van der Waals surface area contributed by atoms with Crippen molar-refractivity contribution in [1.29, 1.82) is 0 Å². The van der Waals surface area contributed by atoms with E-state index < -0.39 is 0 Å². The second-order valence-corrected chi connectivity index (χ2v) is 5.69. The van der Waals surface area contributed by atoms with E-state index in [1.165, 1.54) is 19.4 Å². The van der Waals surface area contributed by atoms with Crippen molar-refractivity contribution in [2.24, 2.45) is 0 Å². The number of anilines is 2. The Morgan fingerprint density at radius 1 is 1.39 bits per heavy atom. The maximum Gasteiger partial charge on any atom is 0.130 e. The summed E-state index contributed by atoms with van der Waals surface area (Å²) in [5, 5.41) is 0. The predicted octanol–water partition coefficient (Wildman–Crippen LogP) is 1.65. The molecule has 18 heavy (non-hydrogen) atoms. The standard InChI is InChI=1S/C14H22N4/c1-10-7-16-14(6-13(10)15)18-9-12-4-3-5-17(12)8-11(18)2/h6-7,11-12H,3-5,8-9H2,1-2H3,(H2,15,16). The van der Waals surface area contributed by atoms with E-state index in [-0.39, 0.29) is 0 Å². The minimum absolute atomic E-state index is 0.522. The maximum absolute atomic E-state index is 6.00. The summed E-state index contributed by atoms with van der Waals surface area (Å²) < 4.78 is 0. The van der Waals surface area contributed by atoms with Crippen LogP contribution in [-0.2, 0) is 0 Å². The number of nitrogens with two attached hydrogens (primary N) is 1. The molecule has 2 aliphatic heterocycles. The first-order valence-electron chi connectivity index (χ1n) is 6.88. The topological polar surface area (TPSA) is 45.4 Å². The van der Waals surface area contributed by atoms with Crippen LogP contribution in [-0.4, -0.2) is 41.6 Å². The predicted molar refractivity (Wildman–Crippen MR) is 74.8 cm³/mol. The van der Waals surface area contributed by atoms with Crippen LogP contribution in [0.25, 0.3) is 0 Å². The number of aromatic nitrogens is 1. The van der Waals surface area contributed by atoms with Gasteiger partial charge in [-0.3, -0.25) is 4.90 Å². The fourth-order valence-corrected chi connectivity index (χ4v) is 3.19. The van der Waals surface area contributed by atoms with Gasteiger partial charge in [-0.25, -0.2) is 4.98 Å². The Bertz CT molecular complexity index is 445. The fraction of sp³-hybridized carbons (Fsp3) is 0.643. The van der Waals surface area contributed by atoms with Gasteiger partial charge in [0.05, 0.1) is 0 Å². The highest BCUT2D eigenvalue weighted by molar-refractivity contribution is 5.55. The molecule has 3 heterocycles. The van der Waals surface area contributed by atoms with E-state index in [4.69, 9.17) is 5.73 Å². The lowest BCUT2D eigenvalue weighted by Gasteiger charge is -2.43. The van der Waals surface area contributed by atoms with Gasteiger partial charge in [0.15, 0.2) is 0 Å². The molecular formula is C14H22N4. The first-order valence-corrected chi connectivity index (χ1v) is 6.88. The molecule has 2 atom stereocenters. The molecule has 1 aromatic rings. The van der Waals surface area contributed by atoms with Crippen LogP contribution in [0.4, 0.5) is 11.5 Å². The van der Waals surface area contributed by atoms with Gasteiger partial charge in [-0.05, 0) is 38.8 Å². The molecule has 0 aromatic carbocycles. The molecule has 0 saturated carbocycles. The molecule has 0 amide bonds. The van der Waals surface area contributed by atoms with Gasteiger partial charge >= 0.3 is 0 Å². The van der Waals surface area contributed by atoms with E-state index in [2.05, 4.69) is 21.7 Å². The molecule has 0 bridgehead atoms. The molecule has 2 aliphatic rings. The summed E-state index contributed by atoms with van der Waals surface area (Å²) in [4.78, 5) is 9.60. The Morgan fingerprint density at radius 2 is 2.22 bits per heavy atom. The van der Waals surface area contributed by atoms with Gasteiger partial charge in [0.25, 0.3) is 0 Å². The van der Waals surface area contributed by atoms with Crippen LogP contribution in [0.5, 0.6) is 0 Å². The summed E-state index contributed by atoms with van der Waals surface area (Å²) in [5.74, 6) is 1.04. The third kappa shape index (κ3) is 1.94. The van der Waals surface area contributed by atoms with Crippen LogP contribution in [0.1, 0.15) is 25.3 Å². The zero-order valence-corrected chi connectivity index (χ0v) is 11.3. The Kier molecular flexibility index (Phi) is 2.90. The van der Waals surface area contributed by atoms with Gasteiger partial charge in [-0.1, -0.05) is 0 Å². The second-order valence-electron chi connectivity index (χ2n) is 5.69. The number of fused-ring (bicyclic) bond motifs is 1. The van der Waals surface area contributed by atoms with Gasteiger partial charge in [-0.15, -0.1) is 0 Å². The van der Waals surface area contributed by atoms with Crippen LogP contribution < -0.4 is 10.6 Å². The third-order valence-electron chi connectivity index (χ3n) is 4.36. The summed E-state index contributed by atoms with van der Waals surface area (Å²) in [7, 11) is 0. The van der Waals surface area contributed by atoms with E-state index >= 15 is 0 Å². The largest absolute Gasteiger partial charge is 0.398 e. The highest BCUT2D eigenvalue weighted by Gasteiger charge is 2.34. The van der Waals surface area contributed by atoms with Crippen molar-refractivity contribution in [3.8, 4) is 0 Å². The molecule has 0 radical (unpaired) electrons. The molecule has 2 saturated heterocycles. The first kappa shape index (κ1) is 11.8. The maximum atomic E-state index is 6.00. The molecule has 2 fully saturated rings. The third-order valence-corrected chi connectivity index (χ3v) is 4.36. The first-order chi connectivity index (χ1) is 8.65. The van der Waals surface area contributed by atoms with Crippen molar-refractivity contribution in [3.05, 3.63) is 17.8 Å². The number of nitrogens with zero attached hydrogens (tertiary/aromatic N) is 3. The molecule has 0 spiro atoms. The highest BCUT2D eigenvalue weighted by atomic mass is 15.3. The lowest BCUT2D eigenvalue weighted by Crippen LogP contribution is -2.55. The number of hydrogen-bond acceptors (Lipinski definition) is 4. The van der Waals surface area contributed by atoms with Crippen molar-refractivity contribution < 1.29 is 0 Å². The van der Waals surface area contributed by atoms with E-state index in [9.17, 15) is 0 Å². The average Bonchev–Trinajstić information content (AvgIpc) is 2.79. The van der Waals surface area contributed by atoms with Crippen LogP contribution >= 0.6 is 0 Å². The molecular weight excluding hydrogens is 224 g/mol. The Balaban J connectivity index is 1.84. The van der Waals surface area contributed by atoms with Crippen LogP contribution in [0.2, 0.25) is 0 Å². The molecule has 1 aromatic heterocycles. The van der Waals surface area contributed by atoms with E-state index in [0.717, 1.165) is 30.2 Å². The zero-order valence-electron chi connectivity index (χ0n) is 11.3. The van der Waals surface area contributed by atoms with Gasteiger partial charge in [-0.2, -0.15) is 0 Å². The summed E-state index contributed by atoms with van der Waals surface area (Å²) in [6.45, 7) is 7.81. The summed E-state index contributed by atoms with van der Waals surface area (Å²) in [6, 6.07) is 3.26. The van der Waals surface area contributed by atoms with E-state index in [1.807, 2.05) is 19.2 Å². The smallest absolute Gasteiger partial charge is 0.130 e. The molecule has 0 aliphatic carbocycles. The Morgan fingerprint density at radius 3 is 3.00 bits per heavy atom. The lowest BCUT2D eigenvalue weighted by atomic mass is 10.1. The van der Waals surface area contributed by atoms with E-state index in [1.54, 1.807) is 0 Å². The monoisotopic (exact) mass is 246 g/mol. The number of aryl methyl sites for hydroxylation is 1. The summed E-state index contributed by atoms with van der Waals surface area (Å²) in [5.41, 5.74) is 7.91. The van der Waals surface area contributed by atoms with Crippen molar-refractivity contribution in [2.75, 3.05) is 30.3 Å². The SMILES string of the molecule is Cc1cnc(N2CC3CCCN3CC2C)cc1N. The molecule has 98 valence electrons. The van der Waals surface area contributed by atoms with Crippen LogP contribution in [0, 0.1) is 6.92 Å². The van der Waals surface area contributed by atoms with Gasteiger partial charge in [0, 0.05) is 43.1 Å². The van der Waals surface area contributed by atoms with Crippen molar-refractivity contribution >= 4 is 11.5 Å². The number of pyridine rings is 1. The minimum atomic E-state index is 0.522. The highest BCUT2D eigenvalue weighted by Crippen LogP contribution is 2.28. The van der Waals surface area contributed by atoms with Crippen LogP contribution in [0.3, 0.4) is 0 Å². The second kappa shape index (κ2) is 4.43. The average molecular weight is 246 g/mol. The molecule has 4 heteroatoms. The fourth-order valence-electron chi connectivity index (χ4n) is 3.19. The zero-order chi connectivity index (χ0) is 12.7. The molecule has 4 nitrogen and oxygen atoms in total. The van der Waals surface area contributed by atoms with Crippen LogP contribution in [0.15, 0.2) is 12.3 Å². The molecule has 3 rings (SSSR count). The lowest BCUT2D eigenvalue weighted by molar-refractivity contribution is 0.202. The quantitative estimate of drug-likeness (QED) is 0.818. The normalized spacial score (nSPS) is 28.4. The number of rotatable bonds is 1. The summed E-state index contributed by atoms with van der Waals surface area (Å²) in [6.07, 6.45) is 4.55. The molecule has 2 unspecified atom stereocenters. The Hall–Kier alpha value is -1.29. The van der Waals surface area contributed by atoms with Gasteiger partial charge < -0.3 is 10.6 Å². The number of piperazine rings is 1. The van der Waals surface area contributed by atoms with Crippen molar-refractivity contribution in [3.63, 3.8) is 0 Å². The van der Waals surface area contributed by atoms with Gasteiger partial charge in [0.2, 0.25) is 0 Å². The number of nitrogen functional groups attached to an aromatic ring is 1. The van der Waals surface area contributed by atoms with Crippen molar-refractivity contribution in [2.45, 2.75) is 38.8 Å². The Labute approximate surface area is 109 Å². The number of hydrogen-bond donors (Lipinski definition) is 1.